The molecule has 4 N–H and O–H groups in total. The van der Waals surface area contributed by atoms with Gasteiger partial charge in [-0.25, -0.2) is 4.79 Å². The molecule has 0 saturated heterocycles. The summed E-state index contributed by atoms with van der Waals surface area (Å²) < 4.78 is 5.53. The second-order valence-electron chi connectivity index (χ2n) is 5.78. The number of aliphatic carboxylic acids is 1. The van der Waals surface area contributed by atoms with Gasteiger partial charge in [0.1, 0.15) is 5.75 Å². The molecular weight excluding hydrogens is 328 g/mol. The van der Waals surface area contributed by atoms with E-state index in [0.29, 0.717) is 17.9 Å². The van der Waals surface area contributed by atoms with Gasteiger partial charge in [0.15, 0.2) is 5.60 Å². The van der Waals surface area contributed by atoms with Crippen molar-refractivity contribution in [3.63, 3.8) is 0 Å². The molecule has 138 valence electrons. The smallest absolute Gasteiger partial charge is 0.337 e. The van der Waals surface area contributed by atoms with Crippen LogP contribution >= 0.6 is 0 Å². The van der Waals surface area contributed by atoms with Crippen LogP contribution in [0, 0.1) is 0 Å². The summed E-state index contributed by atoms with van der Waals surface area (Å²) in [6.45, 7) is 4.23. The lowest BCUT2D eigenvalue weighted by Gasteiger charge is -2.22. The van der Waals surface area contributed by atoms with Gasteiger partial charge in [-0.3, -0.25) is 9.59 Å². The summed E-state index contributed by atoms with van der Waals surface area (Å²) in [5.41, 5.74) is -1.43. The molecule has 0 bridgehead atoms. The van der Waals surface area contributed by atoms with Crippen LogP contribution in [0.15, 0.2) is 24.3 Å². The molecule has 0 aliphatic rings. The molecule has 8 nitrogen and oxygen atoms in total. The van der Waals surface area contributed by atoms with Gasteiger partial charge in [0, 0.05) is 12.5 Å². The first kappa shape index (κ1) is 20.4. The second kappa shape index (κ2) is 9.03. The number of carboxylic acids is 1. The van der Waals surface area contributed by atoms with Gasteiger partial charge in [0.2, 0.25) is 11.8 Å². The third-order valence-electron chi connectivity index (χ3n) is 3.45. The largest absolute Gasteiger partial charge is 0.494 e. The minimum absolute atomic E-state index is 0.126. The highest BCUT2D eigenvalue weighted by molar-refractivity contribution is 5.81. The number of benzene rings is 1. The average molecular weight is 352 g/mol. The lowest BCUT2D eigenvalue weighted by atomic mass is 10.0. The van der Waals surface area contributed by atoms with Crippen molar-refractivity contribution in [2.45, 2.75) is 38.8 Å². The van der Waals surface area contributed by atoms with Gasteiger partial charge in [-0.1, -0.05) is 18.2 Å². The zero-order chi connectivity index (χ0) is 19.0. The van der Waals surface area contributed by atoms with Gasteiger partial charge in [-0.05, 0) is 19.9 Å². The van der Waals surface area contributed by atoms with Gasteiger partial charge in [0.25, 0.3) is 0 Å². The first-order chi connectivity index (χ1) is 11.7. The van der Waals surface area contributed by atoms with Crippen LogP contribution in [0.4, 0.5) is 0 Å². The second-order valence-corrected chi connectivity index (χ2v) is 5.78. The van der Waals surface area contributed by atoms with E-state index in [2.05, 4.69) is 10.6 Å². The number of ether oxygens (including phenoxy) is 1. The molecule has 0 spiro atoms. The molecule has 2 unspecified atom stereocenters. The lowest BCUT2D eigenvalue weighted by Crippen LogP contribution is -2.47. The Hall–Kier alpha value is -2.61. The van der Waals surface area contributed by atoms with Crippen molar-refractivity contribution < 1.29 is 29.3 Å². The standard InChI is InChI=1S/C17H24N2O6/c1-4-25-14-8-6-5-7-12(14)13(19-11(2)20)9-15(21)18-10-17(3,24)16(22)23/h5-8,13,24H,4,9-10H2,1-3H3,(H,18,21)(H,19,20)(H,22,23). The Morgan fingerprint density at radius 2 is 1.92 bits per heavy atom. The monoisotopic (exact) mass is 352 g/mol. The van der Waals surface area contributed by atoms with Crippen molar-refractivity contribution in [3.05, 3.63) is 29.8 Å². The van der Waals surface area contributed by atoms with Crippen LogP contribution < -0.4 is 15.4 Å². The number of aliphatic hydroxyl groups is 1. The molecule has 0 fully saturated rings. The highest BCUT2D eigenvalue weighted by Crippen LogP contribution is 2.27. The van der Waals surface area contributed by atoms with Gasteiger partial charge in [0.05, 0.1) is 25.6 Å². The number of rotatable bonds is 9. The molecule has 0 aromatic heterocycles. The fourth-order valence-corrected chi connectivity index (χ4v) is 2.14. The maximum atomic E-state index is 12.1. The van der Waals surface area contributed by atoms with E-state index in [9.17, 15) is 19.5 Å². The number of carbonyl (C=O) groups excluding carboxylic acids is 2. The quantitative estimate of drug-likeness (QED) is 0.516. The van der Waals surface area contributed by atoms with Crippen molar-refractivity contribution in [3.8, 4) is 5.75 Å². The topological polar surface area (TPSA) is 125 Å². The zero-order valence-electron chi connectivity index (χ0n) is 14.5. The molecule has 1 aromatic carbocycles. The Morgan fingerprint density at radius 3 is 2.48 bits per heavy atom. The summed E-state index contributed by atoms with van der Waals surface area (Å²) >= 11 is 0. The highest BCUT2D eigenvalue weighted by Gasteiger charge is 2.30. The highest BCUT2D eigenvalue weighted by atomic mass is 16.5. The van der Waals surface area contributed by atoms with Gasteiger partial charge < -0.3 is 25.6 Å². The molecule has 2 amide bonds. The minimum atomic E-state index is -2.07. The number of nitrogens with one attached hydrogen (secondary N) is 2. The zero-order valence-corrected chi connectivity index (χ0v) is 14.5. The molecule has 25 heavy (non-hydrogen) atoms. The Kier molecular flexibility index (Phi) is 7.38. The van der Waals surface area contributed by atoms with E-state index < -0.39 is 30.1 Å². The lowest BCUT2D eigenvalue weighted by molar-refractivity contribution is -0.156. The number of carbonyl (C=O) groups is 3. The third kappa shape index (κ3) is 6.42. The van der Waals surface area contributed by atoms with E-state index in [1.165, 1.54) is 6.92 Å². The van der Waals surface area contributed by atoms with Crippen LogP contribution in [0.25, 0.3) is 0 Å². The van der Waals surface area contributed by atoms with Crippen LogP contribution in [-0.2, 0) is 14.4 Å². The van der Waals surface area contributed by atoms with Crippen LogP contribution in [0.5, 0.6) is 5.75 Å². The molecule has 0 heterocycles. The van der Waals surface area contributed by atoms with E-state index in [4.69, 9.17) is 9.84 Å². The van der Waals surface area contributed by atoms with E-state index in [1.54, 1.807) is 24.3 Å². The van der Waals surface area contributed by atoms with Crippen molar-refractivity contribution in [1.82, 2.24) is 10.6 Å². The SMILES string of the molecule is CCOc1ccccc1C(CC(=O)NCC(C)(O)C(=O)O)NC(C)=O. The van der Waals surface area contributed by atoms with Crippen LogP contribution in [0.1, 0.15) is 38.8 Å². The normalized spacial score (nSPS) is 14.1. The van der Waals surface area contributed by atoms with Crippen molar-refractivity contribution >= 4 is 17.8 Å². The van der Waals surface area contributed by atoms with E-state index in [0.717, 1.165) is 6.92 Å². The molecule has 8 heteroatoms. The molecular formula is C17H24N2O6. The van der Waals surface area contributed by atoms with Crippen molar-refractivity contribution in [2.24, 2.45) is 0 Å². The van der Waals surface area contributed by atoms with Crippen molar-refractivity contribution in [2.75, 3.05) is 13.2 Å². The number of carboxylic acid groups (broad SMARTS) is 1. The first-order valence-corrected chi connectivity index (χ1v) is 7.88. The van der Waals surface area contributed by atoms with E-state index in [1.807, 2.05) is 6.92 Å². The van der Waals surface area contributed by atoms with Gasteiger partial charge in [-0.15, -0.1) is 0 Å². The van der Waals surface area contributed by atoms with E-state index >= 15 is 0 Å². The number of amides is 2. The van der Waals surface area contributed by atoms with Gasteiger partial charge in [-0.2, -0.15) is 0 Å². The maximum absolute atomic E-state index is 12.1. The summed E-state index contributed by atoms with van der Waals surface area (Å²) in [7, 11) is 0. The number of hydrogen-bond donors (Lipinski definition) is 4. The molecule has 2 atom stereocenters. The molecule has 0 saturated carbocycles. The minimum Gasteiger partial charge on any atom is -0.494 e. The van der Waals surface area contributed by atoms with Crippen LogP contribution in [0.2, 0.25) is 0 Å². The summed E-state index contributed by atoms with van der Waals surface area (Å²) in [5, 5.41) is 23.6. The summed E-state index contributed by atoms with van der Waals surface area (Å²) in [6.07, 6.45) is -0.126. The Bertz CT molecular complexity index is 629. The van der Waals surface area contributed by atoms with Crippen molar-refractivity contribution in [1.29, 1.82) is 0 Å². The Morgan fingerprint density at radius 1 is 1.28 bits per heavy atom. The summed E-state index contributed by atoms with van der Waals surface area (Å²) in [5.74, 6) is -1.71. The number of hydrogen-bond acceptors (Lipinski definition) is 5. The number of para-hydroxylation sites is 1. The predicted molar refractivity (Wildman–Crippen MR) is 90.1 cm³/mol. The van der Waals surface area contributed by atoms with E-state index in [-0.39, 0.29) is 12.3 Å². The van der Waals surface area contributed by atoms with Gasteiger partial charge >= 0.3 is 5.97 Å². The Labute approximate surface area is 146 Å². The maximum Gasteiger partial charge on any atom is 0.337 e. The fraction of sp³-hybridized carbons (Fsp3) is 0.471. The summed E-state index contributed by atoms with van der Waals surface area (Å²) in [4.78, 5) is 34.5. The molecule has 1 rings (SSSR count). The van der Waals surface area contributed by atoms with Crippen LogP contribution in [0.3, 0.4) is 0 Å². The molecule has 0 radical (unpaired) electrons. The molecule has 0 aliphatic heterocycles. The third-order valence-corrected chi connectivity index (χ3v) is 3.45. The molecule has 1 aromatic rings. The fourth-order valence-electron chi connectivity index (χ4n) is 2.14. The first-order valence-electron chi connectivity index (χ1n) is 7.88. The average Bonchev–Trinajstić information content (AvgIpc) is 2.53. The Balaban J connectivity index is 2.88. The summed E-state index contributed by atoms with van der Waals surface area (Å²) in [6, 6.07) is 6.38. The predicted octanol–water partition coefficient (Wildman–Crippen LogP) is 0.604. The van der Waals surface area contributed by atoms with Crippen LogP contribution in [-0.4, -0.2) is 46.7 Å². The molecule has 0 aliphatic carbocycles.